The summed E-state index contributed by atoms with van der Waals surface area (Å²) < 4.78 is 5.06. The number of hydrogen-bond acceptors (Lipinski definition) is 5. The molecule has 0 N–H and O–H groups in total. The van der Waals surface area contributed by atoms with E-state index in [0.717, 1.165) is 0 Å². The van der Waals surface area contributed by atoms with Crippen molar-refractivity contribution in [2.24, 2.45) is 0 Å². The molecule has 1 aromatic heterocycles. The van der Waals surface area contributed by atoms with E-state index in [2.05, 4.69) is 9.97 Å². The maximum atomic E-state index is 12.0. The molecule has 0 bridgehead atoms. The van der Waals surface area contributed by atoms with Crippen LogP contribution in [0.3, 0.4) is 0 Å². The van der Waals surface area contributed by atoms with Crippen molar-refractivity contribution in [2.45, 2.75) is 13.0 Å². The van der Waals surface area contributed by atoms with Crippen molar-refractivity contribution in [3.05, 3.63) is 60.2 Å². The highest BCUT2D eigenvalue weighted by molar-refractivity contribution is 6.01. The van der Waals surface area contributed by atoms with Crippen molar-refractivity contribution in [3.8, 4) is 0 Å². The second-order valence-corrected chi connectivity index (χ2v) is 3.87. The van der Waals surface area contributed by atoms with Crippen LogP contribution in [0.5, 0.6) is 0 Å². The molecule has 0 aliphatic rings. The first-order valence-corrected chi connectivity index (χ1v) is 5.74. The minimum atomic E-state index is -0.864. The van der Waals surface area contributed by atoms with E-state index in [4.69, 9.17) is 4.74 Å². The van der Waals surface area contributed by atoms with E-state index in [-0.39, 0.29) is 11.5 Å². The molecule has 0 amide bonds. The molecule has 1 heterocycles. The Morgan fingerprint density at radius 2 is 1.89 bits per heavy atom. The first kappa shape index (κ1) is 12.9. The maximum Gasteiger partial charge on any atom is 0.359 e. The van der Waals surface area contributed by atoms with Crippen molar-refractivity contribution in [1.29, 1.82) is 0 Å². The largest absolute Gasteiger partial charge is 0.449 e. The zero-order valence-corrected chi connectivity index (χ0v) is 10.3. The molecule has 1 atom stereocenters. The second-order valence-electron chi connectivity index (χ2n) is 3.87. The Morgan fingerprint density at radius 3 is 2.53 bits per heavy atom. The molecular formula is C14H12N2O3. The van der Waals surface area contributed by atoms with Gasteiger partial charge in [-0.25, -0.2) is 9.78 Å². The van der Waals surface area contributed by atoms with Gasteiger partial charge >= 0.3 is 5.97 Å². The lowest BCUT2D eigenvalue weighted by atomic mass is 10.1. The van der Waals surface area contributed by atoms with Gasteiger partial charge in [0.05, 0.1) is 6.20 Å². The van der Waals surface area contributed by atoms with Crippen LogP contribution < -0.4 is 0 Å². The lowest BCUT2D eigenvalue weighted by Gasteiger charge is -2.11. The number of aromatic nitrogens is 2. The van der Waals surface area contributed by atoms with Gasteiger partial charge < -0.3 is 4.74 Å². The lowest BCUT2D eigenvalue weighted by molar-refractivity contribution is 0.0312. The van der Waals surface area contributed by atoms with Crippen LogP contribution in [0, 0.1) is 0 Å². The number of ether oxygens (including phenoxy) is 1. The monoisotopic (exact) mass is 256 g/mol. The summed E-state index contributed by atoms with van der Waals surface area (Å²) in [7, 11) is 0. The lowest BCUT2D eigenvalue weighted by Crippen LogP contribution is -2.24. The van der Waals surface area contributed by atoms with Crippen LogP contribution in [-0.4, -0.2) is 27.8 Å². The highest BCUT2D eigenvalue weighted by Crippen LogP contribution is 2.08. The molecule has 2 aromatic rings. The molecule has 19 heavy (non-hydrogen) atoms. The predicted octanol–water partition coefficient (Wildman–Crippen LogP) is 1.90. The van der Waals surface area contributed by atoms with Gasteiger partial charge in [0.25, 0.3) is 0 Å². The van der Waals surface area contributed by atoms with Gasteiger partial charge in [0.1, 0.15) is 0 Å². The van der Waals surface area contributed by atoms with E-state index in [1.165, 1.54) is 25.5 Å². The molecule has 5 heteroatoms. The highest BCUT2D eigenvalue weighted by atomic mass is 16.5. The van der Waals surface area contributed by atoms with Gasteiger partial charge in [0.2, 0.25) is 5.78 Å². The molecular weight excluding hydrogens is 244 g/mol. The van der Waals surface area contributed by atoms with E-state index >= 15 is 0 Å². The zero-order chi connectivity index (χ0) is 13.7. The summed E-state index contributed by atoms with van der Waals surface area (Å²) in [5.74, 6) is -0.914. The third kappa shape index (κ3) is 3.22. The number of rotatable bonds is 4. The first-order valence-electron chi connectivity index (χ1n) is 5.74. The van der Waals surface area contributed by atoms with Crippen molar-refractivity contribution >= 4 is 11.8 Å². The highest BCUT2D eigenvalue weighted by Gasteiger charge is 2.20. The average molecular weight is 256 g/mol. The Kier molecular flexibility index (Phi) is 3.97. The van der Waals surface area contributed by atoms with Gasteiger partial charge in [0, 0.05) is 18.0 Å². The van der Waals surface area contributed by atoms with E-state index < -0.39 is 12.1 Å². The molecule has 0 fully saturated rings. The molecule has 5 nitrogen and oxygen atoms in total. The Morgan fingerprint density at radius 1 is 1.16 bits per heavy atom. The van der Waals surface area contributed by atoms with Crippen LogP contribution in [-0.2, 0) is 4.74 Å². The number of hydrogen-bond donors (Lipinski definition) is 0. The third-order valence-corrected chi connectivity index (χ3v) is 2.48. The van der Waals surface area contributed by atoms with E-state index in [0.29, 0.717) is 5.56 Å². The fraction of sp³-hybridized carbons (Fsp3) is 0.143. The molecule has 1 aromatic carbocycles. The van der Waals surface area contributed by atoms with Gasteiger partial charge in [-0.05, 0) is 6.92 Å². The van der Waals surface area contributed by atoms with Crippen LogP contribution >= 0.6 is 0 Å². The summed E-state index contributed by atoms with van der Waals surface area (Å²) in [5, 5.41) is 0. The molecule has 2 rings (SSSR count). The number of esters is 1. The summed E-state index contributed by atoms with van der Waals surface area (Å²) in [6.07, 6.45) is 3.27. The average Bonchev–Trinajstić information content (AvgIpc) is 2.48. The molecule has 0 radical (unpaired) electrons. The van der Waals surface area contributed by atoms with Gasteiger partial charge in [0.15, 0.2) is 11.8 Å². The van der Waals surface area contributed by atoms with Crippen molar-refractivity contribution in [2.75, 3.05) is 0 Å². The summed E-state index contributed by atoms with van der Waals surface area (Å²) in [6, 6.07) is 8.67. The topological polar surface area (TPSA) is 69.2 Å². The minimum Gasteiger partial charge on any atom is -0.449 e. The van der Waals surface area contributed by atoms with Gasteiger partial charge in [-0.2, -0.15) is 0 Å². The van der Waals surface area contributed by atoms with Crippen LogP contribution in [0.4, 0.5) is 0 Å². The molecule has 96 valence electrons. The molecule has 0 aliphatic heterocycles. The molecule has 0 saturated heterocycles. The summed E-state index contributed by atoms with van der Waals surface area (Å²) in [4.78, 5) is 31.3. The first-order chi connectivity index (χ1) is 9.18. The van der Waals surface area contributed by atoms with Crippen molar-refractivity contribution < 1.29 is 14.3 Å². The predicted molar refractivity (Wildman–Crippen MR) is 67.7 cm³/mol. The Bertz CT molecular complexity index is 570. The third-order valence-electron chi connectivity index (χ3n) is 2.48. The van der Waals surface area contributed by atoms with Crippen LogP contribution in [0.2, 0.25) is 0 Å². The number of carbonyl (C=O) groups excluding carboxylic acids is 2. The smallest absolute Gasteiger partial charge is 0.359 e. The number of Topliss-reactive ketones (excluding diaryl/α,β-unsaturated/α-hetero) is 1. The maximum absolute atomic E-state index is 12.0. The van der Waals surface area contributed by atoms with Crippen LogP contribution in [0.1, 0.15) is 27.8 Å². The zero-order valence-electron chi connectivity index (χ0n) is 10.3. The van der Waals surface area contributed by atoms with Gasteiger partial charge in [-0.1, -0.05) is 30.3 Å². The SMILES string of the molecule is C[C@H](OC(=O)c1cnccn1)C(=O)c1ccccc1. The standard InChI is InChI=1S/C14H12N2O3/c1-10(13(17)11-5-3-2-4-6-11)19-14(18)12-9-15-7-8-16-12/h2-10H,1H3/t10-/m0/s1. The Balaban J connectivity index is 2.04. The number of ketones is 1. The summed E-state index contributed by atoms with van der Waals surface area (Å²) in [5.41, 5.74) is 0.581. The number of benzene rings is 1. The van der Waals surface area contributed by atoms with E-state index in [1.807, 2.05) is 6.07 Å². The summed E-state index contributed by atoms with van der Waals surface area (Å²) in [6.45, 7) is 1.53. The van der Waals surface area contributed by atoms with Crippen LogP contribution in [0.25, 0.3) is 0 Å². The van der Waals surface area contributed by atoms with Gasteiger partial charge in [-0.3, -0.25) is 9.78 Å². The number of carbonyl (C=O) groups is 2. The van der Waals surface area contributed by atoms with Crippen molar-refractivity contribution in [3.63, 3.8) is 0 Å². The summed E-state index contributed by atoms with van der Waals surface area (Å²) >= 11 is 0. The Labute approximate surface area is 110 Å². The molecule has 0 aliphatic carbocycles. The van der Waals surface area contributed by atoms with Crippen LogP contribution in [0.15, 0.2) is 48.9 Å². The normalized spacial score (nSPS) is 11.6. The van der Waals surface area contributed by atoms with E-state index in [1.54, 1.807) is 24.3 Å². The van der Waals surface area contributed by atoms with E-state index in [9.17, 15) is 9.59 Å². The minimum absolute atomic E-state index is 0.0789. The fourth-order valence-corrected chi connectivity index (χ4v) is 1.52. The van der Waals surface area contributed by atoms with Gasteiger partial charge in [-0.15, -0.1) is 0 Å². The quantitative estimate of drug-likeness (QED) is 0.617. The fourth-order valence-electron chi connectivity index (χ4n) is 1.52. The molecule has 0 spiro atoms. The van der Waals surface area contributed by atoms with Crippen molar-refractivity contribution in [1.82, 2.24) is 9.97 Å². The molecule has 0 unspecified atom stereocenters. The Hall–Kier alpha value is -2.56. The molecule has 0 saturated carbocycles. The number of nitrogens with zero attached hydrogens (tertiary/aromatic N) is 2. The second kappa shape index (κ2) is 5.86.